The first-order chi connectivity index (χ1) is 4.66. The van der Waals surface area contributed by atoms with E-state index in [1.54, 1.807) is 0 Å². The van der Waals surface area contributed by atoms with Crippen molar-refractivity contribution in [2.45, 2.75) is 39.2 Å². The van der Waals surface area contributed by atoms with E-state index in [1.165, 1.54) is 0 Å². The van der Waals surface area contributed by atoms with Gasteiger partial charge in [0.2, 0.25) is 0 Å². The lowest BCUT2D eigenvalue weighted by atomic mass is 10.0. The van der Waals surface area contributed by atoms with E-state index in [0.717, 1.165) is 12.8 Å². The topological polar surface area (TPSA) is 20.2 Å². The highest BCUT2D eigenvalue weighted by atomic mass is 16.3. The van der Waals surface area contributed by atoms with Crippen molar-refractivity contribution in [3.05, 3.63) is 0 Å². The Morgan fingerprint density at radius 3 is 2.40 bits per heavy atom. The lowest BCUT2D eigenvalue weighted by molar-refractivity contribution is 0.162. The van der Waals surface area contributed by atoms with Gasteiger partial charge in [-0.3, -0.25) is 0 Å². The molecule has 0 radical (unpaired) electrons. The predicted molar refractivity (Wildman–Crippen MR) is 43.5 cm³/mol. The molecule has 0 aliphatic carbocycles. The third kappa shape index (κ3) is 5.65. The second-order valence-corrected chi connectivity index (χ2v) is 3.03. The smallest absolute Gasteiger partial charge is 0.0649 e. The van der Waals surface area contributed by atoms with Crippen molar-refractivity contribution in [3.63, 3.8) is 0 Å². The highest BCUT2D eigenvalue weighted by molar-refractivity contribution is 4.86. The molecule has 0 rings (SSSR count). The lowest BCUT2D eigenvalue weighted by Crippen LogP contribution is -2.06. The van der Waals surface area contributed by atoms with E-state index in [4.69, 9.17) is 11.5 Å². The van der Waals surface area contributed by atoms with Gasteiger partial charge in [-0.15, -0.1) is 12.3 Å². The van der Waals surface area contributed by atoms with Crippen molar-refractivity contribution >= 4 is 0 Å². The number of terminal acetylenes is 1. The molecule has 1 unspecified atom stereocenters. The van der Waals surface area contributed by atoms with Crippen LogP contribution in [0.5, 0.6) is 0 Å². The summed E-state index contributed by atoms with van der Waals surface area (Å²) < 4.78 is 0. The van der Waals surface area contributed by atoms with Crippen LogP contribution in [0.25, 0.3) is 0 Å². The van der Waals surface area contributed by atoms with E-state index in [2.05, 4.69) is 19.8 Å². The van der Waals surface area contributed by atoms with Gasteiger partial charge < -0.3 is 5.11 Å². The standard InChI is InChI=1S/C9H16O/c1-4-5-9(10)7-6-8(2)3/h1,8-10H,5-7H2,2-3H3. The van der Waals surface area contributed by atoms with Gasteiger partial charge in [0.05, 0.1) is 6.10 Å². The zero-order valence-corrected chi connectivity index (χ0v) is 6.80. The molecule has 1 N–H and O–H groups in total. The zero-order valence-electron chi connectivity index (χ0n) is 6.80. The Balaban J connectivity index is 3.23. The normalized spacial score (nSPS) is 13.1. The van der Waals surface area contributed by atoms with Crippen LogP contribution in [-0.2, 0) is 0 Å². The van der Waals surface area contributed by atoms with Crippen molar-refractivity contribution < 1.29 is 5.11 Å². The molecule has 0 aromatic rings. The summed E-state index contributed by atoms with van der Waals surface area (Å²) in [4.78, 5) is 0. The molecule has 10 heavy (non-hydrogen) atoms. The summed E-state index contributed by atoms with van der Waals surface area (Å²) in [6.07, 6.45) is 7.13. The lowest BCUT2D eigenvalue weighted by Gasteiger charge is -2.07. The first-order valence-corrected chi connectivity index (χ1v) is 3.78. The van der Waals surface area contributed by atoms with Gasteiger partial charge in [-0.2, -0.15) is 0 Å². The second-order valence-electron chi connectivity index (χ2n) is 3.03. The van der Waals surface area contributed by atoms with Crippen molar-refractivity contribution in [2.75, 3.05) is 0 Å². The maximum absolute atomic E-state index is 9.16. The van der Waals surface area contributed by atoms with E-state index in [9.17, 15) is 0 Å². The van der Waals surface area contributed by atoms with Gasteiger partial charge in [0.15, 0.2) is 0 Å². The molecule has 0 aromatic carbocycles. The quantitative estimate of drug-likeness (QED) is 0.590. The van der Waals surface area contributed by atoms with Gasteiger partial charge in [-0.1, -0.05) is 13.8 Å². The fraction of sp³-hybridized carbons (Fsp3) is 0.778. The molecule has 0 spiro atoms. The molecule has 0 fully saturated rings. The maximum atomic E-state index is 9.16. The molecular weight excluding hydrogens is 124 g/mol. The molecule has 0 amide bonds. The molecule has 1 nitrogen and oxygen atoms in total. The van der Waals surface area contributed by atoms with Crippen LogP contribution in [0.15, 0.2) is 0 Å². The van der Waals surface area contributed by atoms with Crippen LogP contribution in [0.1, 0.15) is 33.1 Å². The fourth-order valence-corrected chi connectivity index (χ4v) is 0.764. The number of aliphatic hydroxyl groups excluding tert-OH is 1. The Kier molecular flexibility index (Phi) is 5.06. The molecule has 0 aliphatic rings. The Labute approximate surface area is 63.5 Å². The van der Waals surface area contributed by atoms with E-state index >= 15 is 0 Å². The molecule has 0 bridgehead atoms. The molecular formula is C9H16O. The first kappa shape index (κ1) is 9.52. The van der Waals surface area contributed by atoms with E-state index in [1.807, 2.05) is 0 Å². The summed E-state index contributed by atoms with van der Waals surface area (Å²) >= 11 is 0. The van der Waals surface area contributed by atoms with Gasteiger partial charge in [-0.25, -0.2) is 0 Å². The third-order valence-electron chi connectivity index (χ3n) is 1.43. The van der Waals surface area contributed by atoms with Gasteiger partial charge >= 0.3 is 0 Å². The van der Waals surface area contributed by atoms with Crippen molar-refractivity contribution in [3.8, 4) is 12.3 Å². The van der Waals surface area contributed by atoms with E-state index in [-0.39, 0.29) is 6.10 Å². The van der Waals surface area contributed by atoms with Crippen LogP contribution in [-0.4, -0.2) is 11.2 Å². The summed E-state index contributed by atoms with van der Waals surface area (Å²) in [7, 11) is 0. The largest absolute Gasteiger partial charge is 0.392 e. The number of hydrogen-bond donors (Lipinski definition) is 1. The van der Waals surface area contributed by atoms with Gasteiger partial charge in [0.1, 0.15) is 0 Å². The minimum absolute atomic E-state index is 0.285. The molecule has 0 saturated carbocycles. The Morgan fingerprint density at radius 1 is 1.40 bits per heavy atom. The zero-order chi connectivity index (χ0) is 7.98. The van der Waals surface area contributed by atoms with E-state index in [0.29, 0.717) is 12.3 Å². The minimum atomic E-state index is -0.285. The molecule has 0 aromatic heterocycles. The van der Waals surface area contributed by atoms with Crippen LogP contribution < -0.4 is 0 Å². The van der Waals surface area contributed by atoms with Gasteiger partial charge in [0, 0.05) is 6.42 Å². The van der Waals surface area contributed by atoms with E-state index < -0.39 is 0 Å². The van der Waals surface area contributed by atoms with Crippen molar-refractivity contribution in [1.29, 1.82) is 0 Å². The number of aliphatic hydroxyl groups is 1. The molecule has 0 aliphatic heterocycles. The number of rotatable bonds is 4. The minimum Gasteiger partial charge on any atom is -0.392 e. The first-order valence-electron chi connectivity index (χ1n) is 3.78. The molecule has 1 atom stereocenters. The van der Waals surface area contributed by atoms with Crippen LogP contribution in [0.3, 0.4) is 0 Å². The van der Waals surface area contributed by atoms with Crippen LogP contribution >= 0.6 is 0 Å². The van der Waals surface area contributed by atoms with Gasteiger partial charge in [-0.05, 0) is 18.8 Å². The average Bonchev–Trinajstić information content (AvgIpc) is 1.85. The SMILES string of the molecule is C#CCC(O)CCC(C)C. The Morgan fingerprint density at radius 2 is 2.00 bits per heavy atom. The highest BCUT2D eigenvalue weighted by Crippen LogP contribution is 2.07. The summed E-state index contributed by atoms with van der Waals surface area (Å²) in [5, 5.41) is 9.16. The summed E-state index contributed by atoms with van der Waals surface area (Å²) in [5.41, 5.74) is 0. The summed E-state index contributed by atoms with van der Waals surface area (Å²) in [5.74, 6) is 3.10. The Bertz CT molecular complexity index is 110. The van der Waals surface area contributed by atoms with Crippen LogP contribution in [0.4, 0.5) is 0 Å². The van der Waals surface area contributed by atoms with Gasteiger partial charge in [0.25, 0.3) is 0 Å². The average molecular weight is 140 g/mol. The Hall–Kier alpha value is -0.480. The molecule has 0 heterocycles. The highest BCUT2D eigenvalue weighted by Gasteiger charge is 2.02. The van der Waals surface area contributed by atoms with Crippen molar-refractivity contribution in [1.82, 2.24) is 0 Å². The monoisotopic (exact) mass is 140 g/mol. The maximum Gasteiger partial charge on any atom is 0.0649 e. The molecule has 1 heteroatoms. The van der Waals surface area contributed by atoms with Crippen LogP contribution in [0, 0.1) is 18.3 Å². The fourth-order valence-electron chi connectivity index (χ4n) is 0.764. The predicted octanol–water partition coefficient (Wildman–Crippen LogP) is 1.81. The number of hydrogen-bond acceptors (Lipinski definition) is 1. The third-order valence-corrected chi connectivity index (χ3v) is 1.43. The van der Waals surface area contributed by atoms with Crippen LogP contribution in [0.2, 0.25) is 0 Å². The molecule has 0 saturated heterocycles. The summed E-state index contributed by atoms with van der Waals surface area (Å²) in [6, 6.07) is 0. The summed E-state index contributed by atoms with van der Waals surface area (Å²) in [6.45, 7) is 4.28. The van der Waals surface area contributed by atoms with Crippen molar-refractivity contribution in [2.24, 2.45) is 5.92 Å². The molecule has 58 valence electrons. The second kappa shape index (κ2) is 5.32.